The summed E-state index contributed by atoms with van der Waals surface area (Å²) < 4.78 is 5.27. The quantitative estimate of drug-likeness (QED) is 0.675. The topological polar surface area (TPSA) is 46.5 Å². The van der Waals surface area contributed by atoms with Gasteiger partial charge in [-0.15, -0.1) is 0 Å². The third-order valence-corrected chi connectivity index (χ3v) is 2.05. The molecule has 1 atom stereocenters. The number of carboxylic acids is 1. The normalized spacial score (nSPS) is 21.9. The molecule has 1 N–H and O–H groups in total. The first-order valence-corrected chi connectivity index (χ1v) is 4.08. The molecule has 1 saturated carbocycles. The van der Waals surface area contributed by atoms with E-state index in [1.54, 1.807) is 6.92 Å². The van der Waals surface area contributed by atoms with Crippen molar-refractivity contribution in [3.8, 4) is 0 Å². The van der Waals surface area contributed by atoms with Crippen LogP contribution in [-0.2, 0) is 9.53 Å². The van der Waals surface area contributed by atoms with Crippen LogP contribution in [0.4, 0.5) is 0 Å². The Morgan fingerprint density at radius 2 is 2.09 bits per heavy atom. The van der Waals surface area contributed by atoms with Gasteiger partial charge in [0.1, 0.15) is 0 Å². The number of hydrogen-bond donors (Lipinski definition) is 1. The molecule has 0 aliphatic heterocycles. The lowest BCUT2D eigenvalue weighted by Gasteiger charge is -2.13. The molecule has 0 radical (unpaired) electrons. The minimum absolute atomic E-state index is 0.195. The van der Waals surface area contributed by atoms with Crippen LogP contribution in [0.1, 0.15) is 32.6 Å². The number of ether oxygens (including phenoxy) is 1. The summed E-state index contributed by atoms with van der Waals surface area (Å²) in [6.07, 6.45) is 3.96. The summed E-state index contributed by atoms with van der Waals surface area (Å²) >= 11 is 0. The van der Waals surface area contributed by atoms with E-state index in [0.717, 1.165) is 12.8 Å². The Balaban J connectivity index is 2.23. The van der Waals surface area contributed by atoms with E-state index < -0.39 is 12.1 Å². The van der Waals surface area contributed by atoms with Gasteiger partial charge in [-0.1, -0.05) is 12.8 Å². The zero-order chi connectivity index (χ0) is 8.27. The largest absolute Gasteiger partial charge is 0.479 e. The molecule has 0 aromatic carbocycles. The fourth-order valence-electron chi connectivity index (χ4n) is 1.37. The van der Waals surface area contributed by atoms with E-state index in [1.165, 1.54) is 12.8 Å². The Hall–Kier alpha value is -0.570. The smallest absolute Gasteiger partial charge is 0.332 e. The maximum absolute atomic E-state index is 10.4. The molecule has 11 heavy (non-hydrogen) atoms. The highest BCUT2D eigenvalue weighted by Crippen LogP contribution is 2.21. The molecule has 1 aliphatic carbocycles. The highest BCUT2D eigenvalue weighted by atomic mass is 16.5. The number of aliphatic carboxylic acids is 1. The summed E-state index contributed by atoms with van der Waals surface area (Å²) in [5, 5.41) is 8.52. The number of carbonyl (C=O) groups is 1. The summed E-state index contributed by atoms with van der Waals surface area (Å²) in [5.41, 5.74) is 0. The van der Waals surface area contributed by atoms with Crippen LogP contribution >= 0.6 is 0 Å². The number of carboxylic acid groups (broad SMARTS) is 1. The van der Waals surface area contributed by atoms with Crippen molar-refractivity contribution in [3.05, 3.63) is 0 Å². The van der Waals surface area contributed by atoms with E-state index >= 15 is 0 Å². The van der Waals surface area contributed by atoms with Gasteiger partial charge in [0.2, 0.25) is 0 Å². The van der Waals surface area contributed by atoms with E-state index in [1.807, 2.05) is 0 Å². The fourth-order valence-corrected chi connectivity index (χ4v) is 1.37. The van der Waals surface area contributed by atoms with Crippen molar-refractivity contribution in [2.75, 3.05) is 0 Å². The minimum atomic E-state index is -0.864. The van der Waals surface area contributed by atoms with Gasteiger partial charge in [-0.05, 0) is 19.8 Å². The van der Waals surface area contributed by atoms with Crippen molar-refractivity contribution in [2.24, 2.45) is 0 Å². The Morgan fingerprint density at radius 3 is 2.55 bits per heavy atom. The summed E-state index contributed by atoms with van der Waals surface area (Å²) in [4.78, 5) is 10.4. The van der Waals surface area contributed by atoms with Crippen molar-refractivity contribution in [1.29, 1.82) is 0 Å². The van der Waals surface area contributed by atoms with E-state index in [-0.39, 0.29) is 6.10 Å². The van der Waals surface area contributed by atoms with Gasteiger partial charge < -0.3 is 9.84 Å². The molecule has 0 aromatic rings. The maximum Gasteiger partial charge on any atom is 0.332 e. The third-order valence-electron chi connectivity index (χ3n) is 2.05. The predicted molar refractivity (Wildman–Crippen MR) is 40.4 cm³/mol. The highest BCUT2D eigenvalue weighted by Gasteiger charge is 2.21. The van der Waals surface area contributed by atoms with Crippen molar-refractivity contribution in [3.63, 3.8) is 0 Å². The molecular formula is C8H14O3. The van der Waals surface area contributed by atoms with Crippen LogP contribution in [0, 0.1) is 0 Å². The Bertz CT molecular complexity index is 138. The van der Waals surface area contributed by atoms with E-state index in [0.29, 0.717) is 0 Å². The van der Waals surface area contributed by atoms with Gasteiger partial charge in [-0.25, -0.2) is 4.79 Å². The zero-order valence-electron chi connectivity index (χ0n) is 6.75. The number of rotatable bonds is 3. The molecule has 1 fully saturated rings. The first-order chi connectivity index (χ1) is 5.20. The van der Waals surface area contributed by atoms with Crippen LogP contribution in [-0.4, -0.2) is 23.3 Å². The Kier molecular flexibility index (Phi) is 2.88. The van der Waals surface area contributed by atoms with Gasteiger partial charge in [0.15, 0.2) is 6.10 Å². The average molecular weight is 158 g/mol. The lowest BCUT2D eigenvalue weighted by atomic mass is 10.3. The van der Waals surface area contributed by atoms with Crippen LogP contribution in [0.15, 0.2) is 0 Å². The second-order valence-corrected chi connectivity index (χ2v) is 3.02. The Morgan fingerprint density at radius 1 is 1.55 bits per heavy atom. The molecular weight excluding hydrogens is 144 g/mol. The third kappa shape index (κ3) is 2.50. The summed E-state index contributed by atoms with van der Waals surface area (Å²) in [7, 11) is 0. The van der Waals surface area contributed by atoms with Crippen molar-refractivity contribution in [2.45, 2.75) is 44.8 Å². The molecule has 0 unspecified atom stereocenters. The fraction of sp³-hybridized carbons (Fsp3) is 0.875. The van der Waals surface area contributed by atoms with Gasteiger partial charge in [0.05, 0.1) is 6.10 Å². The molecule has 1 aliphatic rings. The molecule has 0 spiro atoms. The first-order valence-electron chi connectivity index (χ1n) is 4.08. The Labute approximate surface area is 66.4 Å². The van der Waals surface area contributed by atoms with Crippen LogP contribution in [0.3, 0.4) is 0 Å². The molecule has 0 saturated heterocycles. The van der Waals surface area contributed by atoms with E-state index in [4.69, 9.17) is 9.84 Å². The van der Waals surface area contributed by atoms with Crippen LogP contribution < -0.4 is 0 Å². The van der Waals surface area contributed by atoms with Crippen LogP contribution in [0.2, 0.25) is 0 Å². The second-order valence-electron chi connectivity index (χ2n) is 3.02. The van der Waals surface area contributed by atoms with Gasteiger partial charge in [-0.3, -0.25) is 0 Å². The lowest BCUT2D eigenvalue weighted by Crippen LogP contribution is -2.24. The van der Waals surface area contributed by atoms with Gasteiger partial charge in [-0.2, -0.15) is 0 Å². The van der Waals surface area contributed by atoms with Gasteiger partial charge >= 0.3 is 5.97 Å². The molecule has 3 heteroatoms. The van der Waals surface area contributed by atoms with Gasteiger partial charge in [0.25, 0.3) is 0 Å². The van der Waals surface area contributed by atoms with Crippen molar-refractivity contribution >= 4 is 5.97 Å². The molecule has 1 rings (SSSR count). The van der Waals surface area contributed by atoms with Crippen molar-refractivity contribution in [1.82, 2.24) is 0 Å². The van der Waals surface area contributed by atoms with Crippen molar-refractivity contribution < 1.29 is 14.6 Å². The molecule has 0 heterocycles. The van der Waals surface area contributed by atoms with Crippen LogP contribution in [0.5, 0.6) is 0 Å². The molecule has 3 nitrogen and oxygen atoms in total. The number of hydrogen-bond acceptors (Lipinski definition) is 2. The zero-order valence-corrected chi connectivity index (χ0v) is 6.75. The SMILES string of the molecule is C[C@@H](OC1CCCC1)C(=O)O. The van der Waals surface area contributed by atoms with Crippen LogP contribution in [0.25, 0.3) is 0 Å². The average Bonchev–Trinajstić information content (AvgIpc) is 2.39. The molecule has 0 aromatic heterocycles. The molecule has 0 bridgehead atoms. The standard InChI is InChI=1S/C8H14O3/c1-6(8(9)10)11-7-4-2-3-5-7/h6-7H,2-5H2,1H3,(H,9,10)/t6-/m1/s1. The van der Waals surface area contributed by atoms with E-state index in [2.05, 4.69) is 0 Å². The summed E-state index contributed by atoms with van der Waals surface area (Å²) in [6, 6.07) is 0. The van der Waals surface area contributed by atoms with Gasteiger partial charge in [0, 0.05) is 0 Å². The minimum Gasteiger partial charge on any atom is -0.479 e. The lowest BCUT2D eigenvalue weighted by molar-refractivity contribution is -0.152. The molecule has 64 valence electrons. The van der Waals surface area contributed by atoms with E-state index in [9.17, 15) is 4.79 Å². The maximum atomic E-state index is 10.4. The summed E-state index contributed by atoms with van der Waals surface area (Å²) in [6.45, 7) is 1.58. The predicted octanol–water partition coefficient (Wildman–Crippen LogP) is 1.42. The second kappa shape index (κ2) is 3.72. The molecule has 0 amide bonds. The monoisotopic (exact) mass is 158 g/mol. The summed E-state index contributed by atoms with van der Waals surface area (Å²) in [5.74, 6) is -0.864. The highest BCUT2D eigenvalue weighted by molar-refractivity contribution is 5.71. The first kappa shape index (κ1) is 8.53.